The molecular weight excluding hydrogens is 543 g/mol. The van der Waals surface area contributed by atoms with Crippen molar-refractivity contribution in [3.05, 3.63) is 41.3 Å². The molecule has 4 rings (SSSR count). The number of halogens is 4. The van der Waals surface area contributed by atoms with Gasteiger partial charge in [0.05, 0.1) is 5.02 Å². The molecule has 0 bridgehead atoms. The van der Waals surface area contributed by atoms with Gasteiger partial charge in [0.2, 0.25) is 5.91 Å². The number of hydrogen-bond acceptors (Lipinski definition) is 6. The molecule has 1 aliphatic carbocycles. The van der Waals surface area contributed by atoms with Gasteiger partial charge in [0.1, 0.15) is 29.3 Å². The van der Waals surface area contributed by atoms with Gasteiger partial charge < -0.3 is 20.1 Å². The summed E-state index contributed by atoms with van der Waals surface area (Å²) in [7, 11) is 0. The van der Waals surface area contributed by atoms with Crippen LogP contribution in [0, 0.1) is 5.82 Å². The molecule has 1 saturated carbocycles. The van der Waals surface area contributed by atoms with Crippen LogP contribution in [0.4, 0.5) is 23.8 Å². The number of benzene rings is 1. The third-order valence-corrected chi connectivity index (χ3v) is 6.42. The highest BCUT2D eigenvalue weighted by Crippen LogP contribution is 2.52. The Morgan fingerprint density at radius 2 is 1.92 bits per heavy atom. The van der Waals surface area contributed by atoms with E-state index >= 15 is 0 Å². The molecule has 2 aromatic rings. The second kappa shape index (κ2) is 10.9. The lowest BCUT2D eigenvalue weighted by Crippen LogP contribution is -2.58. The number of nitrogens with one attached hydrogen (secondary N) is 2. The molecule has 0 spiro atoms. The molecule has 2 aliphatic rings. The molecule has 10 nitrogen and oxygen atoms in total. The highest BCUT2D eigenvalue weighted by atomic mass is 35.5. The largest absolute Gasteiger partial charge is 0.484 e. The van der Waals surface area contributed by atoms with Crippen molar-refractivity contribution in [1.29, 1.82) is 0 Å². The van der Waals surface area contributed by atoms with Gasteiger partial charge in [-0.15, -0.1) is 0 Å². The smallest absolute Gasteiger partial charge is 0.411 e. The van der Waals surface area contributed by atoms with Crippen molar-refractivity contribution in [3.63, 3.8) is 0 Å². The van der Waals surface area contributed by atoms with E-state index < -0.39 is 60.0 Å². The van der Waals surface area contributed by atoms with Crippen LogP contribution in [0.3, 0.4) is 0 Å². The van der Waals surface area contributed by atoms with E-state index in [1.165, 1.54) is 29.3 Å². The van der Waals surface area contributed by atoms with E-state index in [-0.39, 0.29) is 36.0 Å². The monoisotopic (exact) mass is 571 g/mol. The van der Waals surface area contributed by atoms with Gasteiger partial charge in [0.15, 0.2) is 12.4 Å². The lowest BCUT2D eigenvalue weighted by molar-refractivity contribution is -0.125. The maximum Gasteiger partial charge on any atom is 0.411 e. The number of carbonyl (C=O) groups is 3. The van der Waals surface area contributed by atoms with Crippen LogP contribution in [0.5, 0.6) is 5.75 Å². The van der Waals surface area contributed by atoms with Gasteiger partial charge in [-0.3, -0.25) is 19.2 Å². The Bertz CT molecular complexity index is 1250. The quantitative estimate of drug-likeness (QED) is 0.516. The first-order valence-electron chi connectivity index (χ1n) is 12.3. The van der Waals surface area contributed by atoms with E-state index in [2.05, 4.69) is 15.7 Å². The van der Waals surface area contributed by atoms with Crippen LogP contribution in [0.25, 0.3) is 0 Å². The lowest BCUT2D eigenvalue weighted by atomic mass is 9.97. The molecular formula is C25H29ClF3N5O5. The third kappa shape index (κ3) is 7.34. The Morgan fingerprint density at radius 1 is 1.21 bits per heavy atom. The summed E-state index contributed by atoms with van der Waals surface area (Å²) in [6.07, 6.45) is 0.825. The van der Waals surface area contributed by atoms with E-state index in [9.17, 15) is 27.6 Å². The number of hydrogen-bond donors (Lipinski definition) is 2. The summed E-state index contributed by atoms with van der Waals surface area (Å²) in [5.74, 6) is -4.37. The molecule has 3 amide bonds. The van der Waals surface area contributed by atoms with Crippen LogP contribution < -0.4 is 15.4 Å². The Balaban J connectivity index is 1.37. The number of carbonyl (C=O) groups excluding carboxylic acids is 3. The van der Waals surface area contributed by atoms with Crippen LogP contribution in [-0.4, -0.2) is 69.3 Å². The van der Waals surface area contributed by atoms with Gasteiger partial charge in [0, 0.05) is 37.3 Å². The minimum atomic E-state index is -2.82. The topological polar surface area (TPSA) is 115 Å². The number of amides is 3. The van der Waals surface area contributed by atoms with Crippen molar-refractivity contribution in [2.24, 2.45) is 0 Å². The zero-order valence-electron chi connectivity index (χ0n) is 21.5. The van der Waals surface area contributed by atoms with Gasteiger partial charge in [0.25, 0.3) is 11.8 Å². The van der Waals surface area contributed by atoms with Gasteiger partial charge in [-0.05, 0) is 45.7 Å². The number of anilines is 1. The van der Waals surface area contributed by atoms with Crippen molar-refractivity contribution in [1.82, 2.24) is 20.0 Å². The van der Waals surface area contributed by atoms with Crippen LogP contribution in [0.2, 0.25) is 5.02 Å². The number of alkyl halides is 2. The maximum atomic E-state index is 13.6. The summed E-state index contributed by atoms with van der Waals surface area (Å²) >= 11 is 5.64. The number of piperidine rings is 1. The second-order valence-electron chi connectivity index (χ2n) is 10.5. The number of likely N-dealkylation sites (tertiary alicyclic amines) is 1. The Hall–Kier alpha value is -3.48. The third-order valence-electron chi connectivity index (χ3n) is 6.11. The molecule has 212 valence electrons. The van der Waals surface area contributed by atoms with Crippen LogP contribution in [0.1, 0.15) is 46.1 Å². The summed E-state index contributed by atoms with van der Waals surface area (Å²) in [5.41, 5.74) is -0.843. The minimum Gasteiger partial charge on any atom is -0.484 e. The predicted octanol–water partition coefficient (Wildman–Crippen LogP) is 4.16. The van der Waals surface area contributed by atoms with Crippen molar-refractivity contribution < 1.29 is 37.0 Å². The molecule has 3 atom stereocenters. The molecule has 2 heterocycles. The lowest BCUT2D eigenvalue weighted by Gasteiger charge is -2.39. The van der Waals surface area contributed by atoms with E-state index in [1.54, 1.807) is 20.8 Å². The summed E-state index contributed by atoms with van der Waals surface area (Å²) in [4.78, 5) is 39.8. The van der Waals surface area contributed by atoms with Gasteiger partial charge >= 0.3 is 6.09 Å². The normalized spacial score (nSPS) is 22.1. The molecule has 14 heteroatoms. The highest BCUT2D eigenvalue weighted by Gasteiger charge is 2.59. The Morgan fingerprint density at radius 3 is 2.56 bits per heavy atom. The number of aromatic nitrogens is 2. The fraction of sp³-hybridized carbons (Fsp3) is 0.520. The highest BCUT2D eigenvalue weighted by molar-refractivity contribution is 6.30. The molecule has 1 saturated heterocycles. The van der Waals surface area contributed by atoms with E-state index in [0.29, 0.717) is 6.42 Å². The molecule has 1 aromatic heterocycles. The standard InChI is InChI=1S/C25H29ClF3N5O5/c1-24(2,3)39-23(37)33-12-14(30-21(35)13-38-15-5-6-16(26)17(27)10-15)4-7-18(33)22(36)31-20-8-9-34(32-20)19-11-25(19,28)29/h5-6,8-10,14,18-19H,4,7,11-13H2,1-3H3,(H,30,35)(H,31,32,36)/t14-,18+,19?/m0/s1. The van der Waals surface area contributed by atoms with Crippen LogP contribution in [0.15, 0.2) is 30.5 Å². The fourth-order valence-corrected chi connectivity index (χ4v) is 4.26. The zero-order chi connectivity index (χ0) is 28.5. The number of nitrogens with zero attached hydrogens (tertiary/aromatic N) is 3. The van der Waals surface area contributed by atoms with Crippen molar-refractivity contribution in [2.75, 3.05) is 18.5 Å². The van der Waals surface area contributed by atoms with Gasteiger partial charge in [-0.2, -0.15) is 5.10 Å². The summed E-state index contributed by atoms with van der Waals surface area (Å²) < 4.78 is 52.2. The predicted molar refractivity (Wildman–Crippen MR) is 134 cm³/mol. The van der Waals surface area contributed by atoms with Gasteiger partial charge in [-0.25, -0.2) is 18.0 Å². The molecule has 1 aliphatic heterocycles. The van der Waals surface area contributed by atoms with Crippen LogP contribution >= 0.6 is 11.6 Å². The average Bonchev–Trinajstić information content (AvgIpc) is 3.24. The first-order valence-corrected chi connectivity index (χ1v) is 12.7. The van der Waals surface area contributed by atoms with Crippen LogP contribution in [-0.2, 0) is 14.3 Å². The first-order chi connectivity index (χ1) is 18.2. The maximum absolute atomic E-state index is 13.6. The van der Waals surface area contributed by atoms with Crippen molar-refractivity contribution in [2.45, 2.75) is 69.7 Å². The molecule has 2 N–H and O–H groups in total. The summed E-state index contributed by atoms with van der Waals surface area (Å²) in [5, 5.41) is 9.26. The fourth-order valence-electron chi connectivity index (χ4n) is 4.14. The molecule has 1 aromatic carbocycles. The SMILES string of the molecule is CC(C)(C)OC(=O)N1C[C@@H](NC(=O)COc2ccc(Cl)c(F)c2)CC[C@@H]1C(=O)Nc1ccn(C2CC2(F)F)n1. The Kier molecular flexibility index (Phi) is 8.01. The van der Waals surface area contributed by atoms with E-state index in [0.717, 1.165) is 10.7 Å². The van der Waals surface area contributed by atoms with E-state index in [1.807, 2.05) is 0 Å². The molecule has 2 fully saturated rings. The summed E-state index contributed by atoms with van der Waals surface area (Å²) in [6.45, 7) is 4.61. The second-order valence-corrected chi connectivity index (χ2v) is 10.9. The summed E-state index contributed by atoms with van der Waals surface area (Å²) in [6, 6.07) is 2.69. The minimum absolute atomic E-state index is 0.0307. The Labute approximate surface area is 227 Å². The first kappa shape index (κ1) is 28.5. The molecule has 1 unspecified atom stereocenters. The average molecular weight is 572 g/mol. The molecule has 39 heavy (non-hydrogen) atoms. The number of ether oxygens (including phenoxy) is 2. The van der Waals surface area contributed by atoms with E-state index in [4.69, 9.17) is 21.1 Å². The zero-order valence-corrected chi connectivity index (χ0v) is 22.3. The van der Waals surface area contributed by atoms with Crippen molar-refractivity contribution >= 4 is 35.3 Å². The van der Waals surface area contributed by atoms with Crippen molar-refractivity contribution in [3.8, 4) is 5.75 Å². The van der Waals surface area contributed by atoms with Gasteiger partial charge in [-0.1, -0.05) is 11.6 Å². The number of rotatable bonds is 7. The molecule has 0 radical (unpaired) electrons.